The fraction of sp³-hybridized carbons (Fsp3) is 0.686. The molecule has 0 aromatic heterocycles. The molecule has 1 heterocycles. The molecule has 1 aromatic carbocycles. The van der Waals surface area contributed by atoms with Gasteiger partial charge in [-0.15, -0.1) is 0 Å². The number of aliphatic hydroxyl groups is 7. The average Bonchev–Trinajstić information content (AvgIpc) is 3.19. The molecule has 1 unspecified atom stereocenters. The van der Waals surface area contributed by atoms with Crippen LogP contribution in [0.5, 0.6) is 11.5 Å². The van der Waals surface area contributed by atoms with Crippen LogP contribution in [0.3, 0.4) is 0 Å². The maximum absolute atomic E-state index is 14.6. The molecule has 1 saturated heterocycles. The topological polar surface area (TPSA) is 197 Å². The number of ketones is 1. The largest absolute Gasteiger partial charge is 0.504 e. The van der Waals surface area contributed by atoms with Gasteiger partial charge in [-0.25, -0.2) is 0 Å². The molecule has 0 amide bonds. The van der Waals surface area contributed by atoms with Crippen LogP contribution in [0, 0.1) is 29.6 Å². The molecular weight excluding hydrogens is 596 g/mol. The van der Waals surface area contributed by atoms with E-state index >= 15 is 0 Å². The number of carbonyl (C=O) groups excluding carboxylic acids is 1. The van der Waals surface area contributed by atoms with Gasteiger partial charge >= 0.3 is 0 Å². The first-order valence-electron chi connectivity index (χ1n) is 16.1. The predicted octanol–water partition coefficient (Wildman–Crippen LogP) is 1.31. The summed E-state index contributed by atoms with van der Waals surface area (Å²) in [7, 11) is 0. The Morgan fingerprint density at radius 1 is 1.17 bits per heavy atom. The maximum atomic E-state index is 14.6. The minimum Gasteiger partial charge on any atom is -0.504 e. The molecule has 0 spiro atoms. The quantitative estimate of drug-likeness (QED) is 0.199. The van der Waals surface area contributed by atoms with Gasteiger partial charge in [0.25, 0.3) is 0 Å². The number of phenolic OH excluding ortho intramolecular Hbond substituents is 1. The zero-order valence-corrected chi connectivity index (χ0v) is 27.5. The van der Waals surface area contributed by atoms with E-state index in [2.05, 4.69) is 13.5 Å². The first kappa shape index (κ1) is 35.0. The maximum Gasteiger partial charge on any atom is 0.229 e. The van der Waals surface area contributed by atoms with E-state index in [1.807, 2.05) is 13.8 Å². The Balaban J connectivity index is 1.55. The van der Waals surface area contributed by atoms with Crippen molar-refractivity contribution in [1.29, 1.82) is 0 Å². The van der Waals surface area contributed by atoms with Crippen molar-refractivity contribution in [3.63, 3.8) is 0 Å². The SMILES string of the molecule is C=C(C)/C=C/C(O)[C@](C)(O)[C@H]1[C@H](O)C[C@@]2(C)[C@@H]3CCc4c(cc(O[C@@H]5O[C@H](CO)[C@@H](O)[C@H](O)[C@H]5O)c(O)c4C)[C@]3(C)C(=O)C[C@]12C. The molecular formula is C35H50O11. The number of rotatable bonds is 7. The van der Waals surface area contributed by atoms with E-state index in [1.54, 1.807) is 26.0 Å². The number of allylic oxidation sites excluding steroid dienone is 2. The summed E-state index contributed by atoms with van der Waals surface area (Å²) in [5.74, 6) is -1.53. The van der Waals surface area contributed by atoms with Gasteiger partial charge in [-0.1, -0.05) is 38.2 Å². The molecule has 46 heavy (non-hydrogen) atoms. The zero-order valence-electron chi connectivity index (χ0n) is 27.5. The van der Waals surface area contributed by atoms with Crippen LogP contribution < -0.4 is 4.74 Å². The lowest BCUT2D eigenvalue weighted by molar-refractivity contribution is -0.277. The zero-order chi connectivity index (χ0) is 34.3. The number of Topliss-reactive ketones (excluding diaryl/α,β-unsaturated/α-hetero) is 1. The van der Waals surface area contributed by atoms with Gasteiger partial charge in [0.05, 0.1) is 23.7 Å². The molecule has 256 valence electrons. The third-order valence-electron chi connectivity index (χ3n) is 12.3. The Kier molecular flexibility index (Phi) is 8.87. The summed E-state index contributed by atoms with van der Waals surface area (Å²) in [5, 5.41) is 86.4. The molecule has 3 aliphatic carbocycles. The molecule has 11 nitrogen and oxygen atoms in total. The number of aliphatic hydroxyl groups excluding tert-OH is 6. The predicted molar refractivity (Wildman–Crippen MR) is 167 cm³/mol. The van der Waals surface area contributed by atoms with Crippen LogP contribution in [-0.2, 0) is 21.4 Å². The normalized spacial score (nSPS) is 42.6. The first-order valence-corrected chi connectivity index (χ1v) is 16.1. The van der Waals surface area contributed by atoms with Crippen molar-refractivity contribution in [2.45, 2.75) is 121 Å². The van der Waals surface area contributed by atoms with Crippen LogP contribution in [0.1, 0.15) is 70.6 Å². The highest BCUT2D eigenvalue weighted by Crippen LogP contribution is 2.72. The summed E-state index contributed by atoms with van der Waals surface area (Å²) in [4.78, 5) is 14.6. The Bertz CT molecular complexity index is 1420. The molecule has 0 radical (unpaired) electrons. The van der Waals surface area contributed by atoms with E-state index in [0.29, 0.717) is 36.0 Å². The van der Waals surface area contributed by atoms with Gasteiger partial charge in [0.2, 0.25) is 6.29 Å². The number of carbonyl (C=O) groups is 1. The summed E-state index contributed by atoms with van der Waals surface area (Å²) >= 11 is 0. The summed E-state index contributed by atoms with van der Waals surface area (Å²) in [6.45, 7) is 14.0. The van der Waals surface area contributed by atoms with Crippen molar-refractivity contribution in [3.8, 4) is 11.5 Å². The first-order chi connectivity index (χ1) is 21.3. The molecule has 3 fully saturated rings. The summed E-state index contributed by atoms with van der Waals surface area (Å²) in [5.41, 5.74) is -1.75. The molecule has 2 saturated carbocycles. The number of phenols is 1. The van der Waals surface area contributed by atoms with Crippen LogP contribution in [0.2, 0.25) is 0 Å². The average molecular weight is 647 g/mol. The van der Waals surface area contributed by atoms with Crippen LogP contribution in [-0.4, -0.2) is 102 Å². The molecule has 5 rings (SSSR count). The second-order valence-electron chi connectivity index (χ2n) is 15.0. The van der Waals surface area contributed by atoms with Gasteiger partial charge < -0.3 is 50.3 Å². The summed E-state index contributed by atoms with van der Waals surface area (Å²) in [6.07, 6.45) is -5.51. The van der Waals surface area contributed by atoms with Gasteiger partial charge in [-0.05, 0) is 86.5 Å². The second kappa shape index (κ2) is 11.7. The van der Waals surface area contributed by atoms with E-state index < -0.39 is 77.3 Å². The molecule has 4 aliphatic rings. The molecule has 1 aliphatic heterocycles. The smallest absolute Gasteiger partial charge is 0.229 e. The van der Waals surface area contributed by atoms with Gasteiger partial charge in [0.15, 0.2) is 11.5 Å². The van der Waals surface area contributed by atoms with E-state index in [1.165, 1.54) is 13.0 Å². The van der Waals surface area contributed by atoms with Crippen molar-refractivity contribution in [2.24, 2.45) is 22.7 Å². The monoisotopic (exact) mass is 646 g/mol. The molecule has 11 heteroatoms. The lowest BCUT2D eigenvalue weighted by Crippen LogP contribution is -2.64. The molecule has 1 aromatic rings. The minimum atomic E-state index is -1.76. The number of ether oxygens (including phenoxy) is 2. The van der Waals surface area contributed by atoms with Crippen molar-refractivity contribution < 1.29 is 55.1 Å². The highest BCUT2D eigenvalue weighted by molar-refractivity contribution is 5.93. The molecule has 13 atom stereocenters. The van der Waals surface area contributed by atoms with Crippen molar-refractivity contribution in [2.75, 3.05) is 6.61 Å². The number of hydrogen-bond acceptors (Lipinski definition) is 11. The fourth-order valence-electron chi connectivity index (χ4n) is 9.65. The van der Waals surface area contributed by atoms with Crippen molar-refractivity contribution >= 4 is 5.78 Å². The molecule has 8 N–H and O–H groups in total. The van der Waals surface area contributed by atoms with Crippen molar-refractivity contribution in [1.82, 2.24) is 0 Å². The minimum absolute atomic E-state index is 0.0214. The van der Waals surface area contributed by atoms with E-state index in [9.17, 15) is 45.6 Å². The standard InChI is InChI=1S/C35H50O11/c1-16(2)8-11-24(38)35(7,44)30-20(37)13-32(4)23-10-9-18-17(3)26(40)21(12-19(18)34(23,6)25(39)14-33(30,32)5)45-31-29(43)28(42)27(41)22(15-36)46-31/h8,11-12,20,22-24,27-31,36-38,40-44H,1,9-10,13-15H2,2-7H3/b11-8+/t20-,22-,23+,24?,27-,28+,29-,30+,31-,32+,33-,34+,35+/m1/s1. The number of benzene rings is 1. The Labute approximate surface area is 269 Å². The summed E-state index contributed by atoms with van der Waals surface area (Å²) in [6, 6.07) is 1.57. The van der Waals surface area contributed by atoms with E-state index in [4.69, 9.17) is 9.47 Å². The lowest BCUT2D eigenvalue weighted by Gasteiger charge is -2.62. The number of hydrogen-bond donors (Lipinski definition) is 8. The number of aromatic hydroxyl groups is 1. The van der Waals surface area contributed by atoms with Crippen LogP contribution in [0.15, 0.2) is 30.4 Å². The number of fused-ring (bicyclic) bond motifs is 5. The third kappa shape index (κ3) is 4.89. The fourth-order valence-corrected chi connectivity index (χ4v) is 9.65. The molecule has 0 bridgehead atoms. The Morgan fingerprint density at radius 2 is 1.83 bits per heavy atom. The highest BCUT2D eigenvalue weighted by Gasteiger charge is 2.73. The van der Waals surface area contributed by atoms with E-state index in [-0.39, 0.29) is 29.6 Å². The summed E-state index contributed by atoms with van der Waals surface area (Å²) < 4.78 is 11.4. The highest BCUT2D eigenvalue weighted by atomic mass is 16.7. The van der Waals surface area contributed by atoms with Crippen LogP contribution in [0.4, 0.5) is 0 Å². The Hall–Kier alpha value is -2.35. The van der Waals surface area contributed by atoms with Gasteiger partial charge in [-0.2, -0.15) is 0 Å². The second-order valence-corrected chi connectivity index (χ2v) is 15.0. The van der Waals surface area contributed by atoms with Gasteiger partial charge in [0, 0.05) is 12.3 Å². The van der Waals surface area contributed by atoms with E-state index in [0.717, 1.165) is 5.56 Å². The van der Waals surface area contributed by atoms with Crippen LogP contribution in [0.25, 0.3) is 0 Å². The van der Waals surface area contributed by atoms with Crippen molar-refractivity contribution in [3.05, 3.63) is 47.1 Å². The van der Waals surface area contributed by atoms with Crippen LogP contribution >= 0.6 is 0 Å². The third-order valence-corrected chi connectivity index (χ3v) is 12.3. The van der Waals surface area contributed by atoms with Gasteiger partial charge in [-0.3, -0.25) is 4.79 Å². The Morgan fingerprint density at radius 3 is 2.43 bits per heavy atom. The van der Waals surface area contributed by atoms with Gasteiger partial charge in [0.1, 0.15) is 36.3 Å². The lowest BCUT2D eigenvalue weighted by atomic mass is 9.41.